The second kappa shape index (κ2) is 9.33. The van der Waals surface area contributed by atoms with E-state index >= 15 is 0 Å². The molecule has 1 aliphatic carbocycles. The van der Waals surface area contributed by atoms with E-state index in [0.717, 1.165) is 54.7 Å². The predicted octanol–water partition coefficient (Wildman–Crippen LogP) is 4.98. The summed E-state index contributed by atoms with van der Waals surface area (Å²) in [5, 5.41) is 6.04. The molecule has 2 N–H and O–H groups in total. The number of carbonyl (C=O) groups is 2. The van der Waals surface area contributed by atoms with Gasteiger partial charge in [0, 0.05) is 17.3 Å². The lowest BCUT2D eigenvalue weighted by atomic mass is 9.68. The van der Waals surface area contributed by atoms with E-state index in [1.54, 1.807) is 13.2 Å². The summed E-state index contributed by atoms with van der Waals surface area (Å²) in [6.45, 7) is 5.76. The monoisotopic (exact) mass is 408 g/mol. The van der Waals surface area contributed by atoms with E-state index in [1.807, 2.05) is 57.2 Å². The van der Waals surface area contributed by atoms with Crippen LogP contribution in [0, 0.1) is 6.92 Å². The van der Waals surface area contributed by atoms with Crippen molar-refractivity contribution in [3.05, 3.63) is 59.2 Å². The second-order valence-electron chi connectivity index (χ2n) is 8.48. The Morgan fingerprint density at radius 2 is 1.67 bits per heavy atom. The summed E-state index contributed by atoms with van der Waals surface area (Å²) in [4.78, 5) is 25.8. The molecule has 0 unspecified atom stereocenters. The number of amides is 2. The van der Waals surface area contributed by atoms with Crippen LogP contribution in [0.3, 0.4) is 0 Å². The molecule has 0 aromatic heterocycles. The van der Waals surface area contributed by atoms with Crippen LogP contribution in [0.25, 0.3) is 0 Å². The van der Waals surface area contributed by atoms with Crippen LogP contribution in [-0.2, 0) is 10.2 Å². The molecular formula is C25H32N2O3. The zero-order chi connectivity index (χ0) is 21.7. The summed E-state index contributed by atoms with van der Waals surface area (Å²) >= 11 is 0. The number of hydrogen-bond acceptors (Lipinski definition) is 3. The second-order valence-corrected chi connectivity index (χ2v) is 8.48. The van der Waals surface area contributed by atoms with Gasteiger partial charge in [0.15, 0.2) is 0 Å². The molecule has 0 heterocycles. The molecule has 2 aromatic carbocycles. The Balaban J connectivity index is 1.84. The fraction of sp³-hybridized carbons (Fsp3) is 0.440. The molecule has 0 aliphatic heterocycles. The molecule has 1 aliphatic rings. The lowest BCUT2D eigenvalue weighted by molar-refractivity contribution is -0.122. The Bertz CT molecular complexity index is 897. The number of nitrogens with one attached hydrogen (secondary N) is 2. The number of ether oxygens (including phenoxy) is 1. The highest BCUT2D eigenvalue weighted by atomic mass is 16.5. The summed E-state index contributed by atoms with van der Waals surface area (Å²) in [7, 11) is 1.64. The maximum Gasteiger partial charge on any atom is 0.251 e. The van der Waals surface area contributed by atoms with Gasteiger partial charge in [-0.15, -0.1) is 0 Å². The van der Waals surface area contributed by atoms with Gasteiger partial charge >= 0.3 is 0 Å². The smallest absolute Gasteiger partial charge is 0.251 e. The molecule has 2 amide bonds. The van der Waals surface area contributed by atoms with Crippen molar-refractivity contribution in [1.29, 1.82) is 0 Å². The molecule has 1 fully saturated rings. The Hall–Kier alpha value is -2.82. The number of anilines is 1. The van der Waals surface area contributed by atoms with Gasteiger partial charge in [0.2, 0.25) is 5.91 Å². The maximum atomic E-state index is 13.5. The van der Waals surface area contributed by atoms with Crippen LogP contribution in [0.1, 0.15) is 67.4 Å². The normalized spacial score (nSPS) is 15.5. The highest BCUT2D eigenvalue weighted by Gasteiger charge is 2.41. The van der Waals surface area contributed by atoms with Gasteiger partial charge in [-0.25, -0.2) is 0 Å². The number of rotatable bonds is 6. The first-order valence-electron chi connectivity index (χ1n) is 10.7. The van der Waals surface area contributed by atoms with Crippen molar-refractivity contribution in [2.24, 2.45) is 0 Å². The third kappa shape index (κ3) is 4.66. The van der Waals surface area contributed by atoms with Gasteiger partial charge < -0.3 is 15.4 Å². The van der Waals surface area contributed by atoms with Gasteiger partial charge in [-0.1, -0.05) is 31.4 Å². The standard InChI is InChI=1S/C25H32N2O3/c1-17(2)26-23(28)22-13-10-20(16-18(22)3)27-24(29)25(14-6-5-7-15-25)19-8-11-21(30-4)12-9-19/h8-13,16-17H,5-7,14-15H2,1-4H3,(H,26,28)(H,27,29). The van der Waals surface area contributed by atoms with Gasteiger partial charge in [0.05, 0.1) is 12.5 Å². The Labute approximate surface area is 179 Å². The Morgan fingerprint density at radius 3 is 2.23 bits per heavy atom. The van der Waals surface area contributed by atoms with Crippen molar-refractivity contribution < 1.29 is 14.3 Å². The maximum absolute atomic E-state index is 13.5. The van der Waals surface area contributed by atoms with Gasteiger partial charge in [-0.05, 0) is 75.1 Å². The third-order valence-corrected chi connectivity index (χ3v) is 5.93. The first-order valence-corrected chi connectivity index (χ1v) is 10.7. The van der Waals surface area contributed by atoms with Crippen molar-refractivity contribution in [2.75, 3.05) is 12.4 Å². The van der Waals surface area contributed by atoms with E-state index in [1.165, 1.54) is 0 Å². The first-order chi connectivity index (χ1) is 14.4. The van der Waals surface area contributed by atoms with E-state index in [9.17, 15) is 9.59 Å². The van der Waals surface area contributed by atoms with E-state index in [4.69, 9.17) is 4.74 Å². The lowest BCUT2D eigenvalue weighted by Crippen LogP contribution is -2.42. The minimum atomic E-state index is -0.536. The van der Waals surface area contributed by atoms with Crippen LogP contribution in [0.15, 0.2) is 42.5 Å². The summed E-state index contributed by atoms with van der Waals surface area (Å²) in [5.41, 5.74) is 2.69. The van der Waals surface area contributed by atoms with Gasteiger partial charge in [0.1, 0.15) is 5.75 Å². The first kappa shape index (κ1) is 21.9. The molecule has 0 spiro atoms. The largest absolute Gasteiger partial charge is 0.497 e. The number of methoxy groups -OCH3 is 1. The van der Waals surface area contributed by atoms with E-state index in [0.29, 0.717) is 5.56 Å². The zero-order valence-electron chi connectivity index (χ0n) is 18.4. The number of carbonyl (C=O) groups excluding carboxylic acids is 2. The fourth-order valence-corrected chi connectivity index (χ4v) is 4.30. The van der Waals surface area contributed by atoms with Crippen molar-refractivity contribution in [1.82, 2.24) is 5.32 Å². The van der Waals surface area contributed by atoms with Crippen LogP contribution in [0.4, 0.5) is 5.69 Å². The van der Waals surface area contributed by atoms with Gasteiger partial charge in [-0.2, -0.15) is 0 Å². The Morgan fingerprint density at radius 1 is 1.00 bits per heavy atom. The SMILES string of the molecule is COc1ccc(C2(C(=O)Nc3ccc(C(=O)NC(C)C)c(C)c3)CCCCC2)cc1. The lowest BCUT2D eigenvalue weighted by Gasteiger charge is -2.36. The predicted molar refractivity (Wildman–Crippen MR) is 120 cm³/mol. The quantitative estimate of drug-likeness (QED) is 0.708. The van der Waals surface area contributed by atoms with Crippen LogP contribution < -0.4 is 15.4 Å². The number of aryl methyl sites for hydroxylation is 1. The zero-order valence-corrected chi connectivity index (χ0v) is 18.4. The molecule has 30 heavy (non-hydrogen) atoms. The molecule has 0 radical (unpaired) electrons. The molecule has 0 atom stereocenters. The van der Waals surface area contributed by atoms with Gasteiger partial charge in [0.25, 0.3) is 5.91 Å². The number of benzene rings is 2. The molecule has 0 saturated heterocycles. The number of hydrogen-bond donors (Lipinski definition) is 2. The molecule has 0 bridgehead atoms. The molecular weight excluding hydrogens is 376 g/mol. The Kier molecular flexibility index (Phi) is 6.80. The van der Waals surface area contributed by atoms with Crippen molar-refractivity contribution in [3.8, 4) is 5.75 Å². The summed E-state index contributed by atoms with van der Waals surface area (Å²) in [5.74, 6) is 0.713. The molecule has 3 rings (SSSR count). The van der Waals surface area contributed by atoms with E-state index in [-0.39, 0.29) is 17.9 Å². The molecule has 160 valence electrons. The van der Waals surface area contributed by atoms with Gasteiger partial charge in [-0.3, -0.25) is 9.59 Å². The topological polar surface area (TPSA) is 67.4 Å². The van der Waals surface area contributed by atoms with Crippen LogP contribution >= 0.6 is 0 Å². The summed E-state index contributed by atoms with van der Waals surface area (Å²) < 4.78 is 5.28. The third-order valence-electron chi connectivity index (χ3n) is 5.93. The molecule has 2 aromatic rings. The molecule has 1 saturated carbocycles. The van der Waals surface area contributed by atoms with Crippen LogP contribution in [-0.4, -0.2) is 25.0 Å². The fourth-order valence-electron chi connectivity index (χ4n) is 4.30. The van der Waals surface area contributed by atoms with E-state index in [2.05, 4.69) is 10.6 Å². The average molecular weight is 409 g/mol. The van der Waals surface area contributed by atoms with Crippen LogP contribution in [0.2, 0.25) is 0 Å². The van der Waals surface area contributed by atoms with Crippen molar-refractivity contribution >= 4 is 17.5 Å². The summed E-state index contributed by atoms with van der Waals surface area (Å²) in [6.07, 6.45) is 4.89. The minimum Gasteiger partial charge on any atom is -0.497 e. The summed E-state index contributed by atoms with van der Waals surface area (Å²) in [6, 6.07) is 13.4. The van der Waals surface area contributed by atoms with E-state index < -0.39 is 5.41 Å². The highest BCUT2D eigenvalue weighted by Crippen LogP contribution is 2.41. The molecule has 5 nitrogen and oxygen atoms in total. The van der Waals surface area contributed by atoms with Crippen LogP contribution in [0.5, 0.6) is 5.75 Å². The highest BCUT2D eigenvalue weighted by molar-refractivity contribution is 6.00. The van der Waals surface area contributed by atoms with Crippen molar-refractivity contribution in [2.45, 2.75) is 64.3 Å². The molecule has 5 heteroatoms. The average Bonchev–Trinajstić information content (AvgIpc) is 2.73. The van der Waals surface area contributed by atoms with Crippen molar-refractivity contribution in [3.63, 3.8) is 0 Å². The minimum absolute atomic E-state index is 0.0196.